The van der Waals surface area contributed by atoms with Crippen LogP contribution in [0.3, 0.4) is 0 Å². The number of nitrogens with zero attached hydrogens (tertiary/aromatic N) is 2. The number of allylic oxidation sites excluding steroid dienone is 1. The second kappa shape index (κ2) is 4.71. The van der Waals surface area contributed by atoms with Crippen LogP contribution >= 0.6 is 0 Å². The fourth-order valence-electron chi connectivity index (χ4n) is 1.42. The summed E-state index contributed by atoms with van der Waals surface area (Å²) in [5.74, 6) is 0. The van der Waals surface area contributed by atoms with Crippen LogP contribution in [0.2, 0.25) is 0 Å². The van der Waals surface area contributed by atoms with Crippen molar-refractivity contribution in [2.75, 3.05) is 0 Å². The van der Waals surface area contributed by atoms with Gasteiger partial charge in [0, 0.05) is 0 Å². The summed E-state index contributed by atoms with van der Waals surface area (Å²) >= 11 is 0. The molecule has 1 aliphatic carbocycles. The topological polar surface area (TPSA) is 102 Å². The predicted octanol–water partition coefficient (Wildman–Crippen LogP) is 0.0474. The zero-order valence-corrected chi connectivity index (χ0v) is 7.67. The fourth-order valence-corrected chi connectivity index (χ4v) is 1.42. The number of nitrogens with two attached hydrogens (primary N) is 1. The molecule has 1 rings (SSSR count). The van der Waals surface area contributed by atoms with Crippen LogP contribution in [0.5, 0.6) is 0 Å². The van der Waals surface area contributed by atoms with E-state index >= 15 is 0 Å². The molecule has 6 heteroatoms. The van der Waals surface area contributed by atoms with Gasteiger partial charge in [-0.15, -0.1) is 0 Å². The first-order valence-corrected chi connectivity index (χ1v) is 4.42. The number of aliphatic imine (C=N–C) groups is 1. The van der Waals surface area contributed by atoms with Crippen molar-refractivity contribution in [2.24, 2.45) is 10.7 Å². The lowest BCUT2D eigenvalue weighted by Crippen LogP contribution is -2.17. The lowest BCUT2D eigenvalue weighted by molar-refractivity contribution is -0.414. The van der Waals surface area contributed by atoms with Crippen molar-refractivity contribution in [3.63, 3.8) is 0 Å². The molecule has 1 aliphatic rings. The molecule has 0 spiro atoms. The van der Waals surface area contributed by atoms with Crippen LogP contribution in [0, 0.1) is 10.1 Å². The highest BCUT2D eigenvalue weighted by Crippen LogP contribution is 2.21. The van der Waals surface area contributed by atoms with E-state index in [4.69, 9.17) is 5.73 Å². The van der Waals surface area contributed by atoms with Crippen LogP contribution in [-0.4, -0.2) is 28.4 Å². The predicted molar refractivity (Wildman–Crippen MR) is 51.4 cm³/mol. The van der Waals surface area contributed by atoms with Crippen molar-refractivity contribution in [3.05, 3.63) is 22.0 Å². The summed E-state index contributed by atoms with van der Waals surface area (Å²) in [4.78, 5) is 13.6. The molecule has 0 heterocycles. The normalized spacial score (nSPS) is 28.5. The van der Waals surface area contributed by atoms with E-state index in [-0.39, 0.29) is 11.7 Å². The summed E-state index contributed by atoms with van der Waals surface area (Å²) in [5.41, 5.74) is 4.79. The van der Waals surface area contributed by atoms with E-state index in [0.29, 0.717) is 6.42 Å². The first-order chi connectivity index (χ1) is 6.65. The lowest BCUT2D eigenvalue weighted by atomic mass is 10.2. The third-order valence-electron chi connectivity index (χ3n) is 2.22. The van der Waals surface area contributed by atoms with E-state index in [2.05, 4.69) is 4.99 Å². The Kier molecular flexibility index (Phi) is 3.58. The minimum Gasteiger partial charge on any atom is -0.399 e. The van der Waals surface area contributed by atoms with E-state index in [1.165, 1.54) is 0 Å². The van der Waals surface area contributed by atoms with Crippen molar-refractivity contribution < 1.29 is 10.0 Å². The maximum Gasteiger partial charge on any atom is 0.302 e. The maximum absolute atomic E-state index is 10.3. The lowest BCUT2D eigenvalue weighted by Gasteiger charge is -2.06. The molecule has 0 aromatic carbocycles. The minimum atomic E-state index is -0.606. The van der Waals surface area contributed by atoms with Gasteiger partial charge in [-0.3, -0.25) is 15.1 Å². The highest BCUT2D eigenvalue weighted by Gasteiger charge is 2.24. The molecule has 0 radical (unpaired) electrons. The van der Waals surface area contributed by atoms with Crippen LogP contribution in [0.4, 0.5) is 0 Å². The molecule has 2 atom stereocenters. The van der Waals surface area contributed by atoms with Gasteiger partial charge < -0.3 is 10.8 Å². The standard InChI is InChI=1S/C8H13N3O3/c9-4-6(11(13)14)5-10-7-2-1-3-8(7)12/h4-5,7-8,12H,1-3,9H2. The first-order valence-electron chi connectivity index (χ1n) is 4.42. The summed E-state index contributed by atoms with van der Waals surface area (Å²) in [7, 11) is 0. The van der Waals surface area contributed by atoms with E-state index in [9.17, 15) is 15.2 Å². The second-order valence-electron chi connectivity index (χ2n) is 3.19. The molecule has 6 nitrogen and oxygen atoms in total. The Bertz CT molecular complexity index is 275. The van der Waals surface area contributed by atoms with Gasteiger partial charge in [-0.2, -0.15) is 0 Å². The summed E-state index contributed by atoms with van der Waals surface area (Å²) < 4.78 is 0. The molecule has 0 aromatic rings. The molecule has 1 saturated carbocycles. The van der Waals surface area contributed by atoms with Gasteiger partial charge in [0.05, 0.1) is 23.3 Å². The number of rotatable bonds is 3. The van der Waals surface area contributed by atoms with Crippen LogP contribution in [0.15, 0.2) is 16.9 Å². The molecule has 1 fully saturated rings. The molecule has 0 aromatic heterocycles. The van der Waals surface area contributed by atoms with Gasteiger partial charge in [0.1, 0.15) is 6.21 Å². The van der Waals surface area contributed by atoms with Gasteiger partial charge in [-0.1, -0.05) is 0 Å². The van der Waals surface area contributed by atoms with Gasteiger partial charge in [-0.05, 0) is 19.3 Å². The van der Waals surface area contributed by atoms with Crippen LogP contribution < -0.4 is 5.73 Å². The highest BCUT2D eigenvalue weighted by molar-refractivity contribution is 5.75. The monoisotopic (exact) mass is 199 g/mol. The number of aliphatic hydroxyl groups excluding tert-OH is 1. The van der Waals surface area contributed by atoms with Crippen molar-refractivity contribution in [3.8, 4) is 0 Å². The van der Waals surface area contributed by atoms with Crippen molar-refractivity contribution >= 4 is 6.21 Å². The van der Waals surface area contributed by atoms with Gasteiger partial charge >= 0.3 is 5.70 Å². The number of hydrogen-bond donors (Lipinski definition) is 2. The van der Waals surface area contributed by atoms with Crippen molar-refractivity contribution in [2.45, 2.75) is 31.4 Å². The molecule has 2 unspecified atom stereocenters. The minimum absolute atomic E-state index is 0.218. The molecule has 0 aliphatic heterocycles. The van der Waals surface area contributed by atoms with Crippen molar-refractivity contribution in [1.82, 2.24) is 0 Å². The summed E-state index contributed by atoms with van der Waals surface area (Å²) in [6, 6.07) is -0.218. The fraction of sp³-hybridized carbons (Fsp3) is 0.625. The number of aliphatic hydroxyl groups is 1. The van der Waals surface area contributed by atoms with E-state index < -0.39 is 11.0 Å². The Morgan fingerprint density at radius 2 is 2.36 bits per heavy atom. The maximum atomic E-state index is 10.3. The molecular weight excluding hydrogens is 186 g/mol. The quantitative estimate of drug-likeness (QED) is 0.380. The zero-order chi connectivity index (χ0) is 10.6. The molecule has 78 valence electrons. The summed E-state index contributed by atoms with van der Waals surface area (Å²) in [5, 5.41) is 19.7. The Morgan fingerprint density at radius 3 is 2.79 bits per heavy atom. The molecule has 0 amide bonds. The van der Waals surface area contributed by atoms with Gasteiger partial charge in [0.15, 0.2) is 0 Å². The third kappa shape index (κ3) is 2.53. The third-order valence-corrected chi connectivity index (χ3v) is 2.22. The Balaban J connectivity index is 2.58. The Labute approximate surface area is 81.3 Å². The smallest absolute Gasteiger partial charge is 0.302 e. The van der Waals surface area contributed by atoms with E-state index in [1.807, 2.05) is 0 Å². The van der Waals surface area contributed by atoms with E-state index in [0.717, 1.165) is 25.3 Å². The highest BCUT2D eigenvalue weighted by atomic mass is 16.6. The average molecular weight is 199 g/mol. The van der Waals surface area contributed by atoms with Crippen LogP contribution in [0.1, 0.15) is 19.3 Å². The van der Waals surface area contributed by atoms with Gasteiger partial charge in [0.2, 0.25) is 0 Å². The Hall–Kier alpha value is -1.43. The molecule has 3 N–H and O–H groups in total. The van der Waals surface area contributed by atoms with Crippen LogP contribution in [0.25, 0.3) is 0 Å². The molecule has 0 saturated heterocycles. The van der Waals surface area contributed by atoms with Crippen LogP contribution in [-0.2, 0) is 0 Å². The number of nitro groups is 1. The van der Waals surface area contributed by atoms with E-state index in [1.54, 1.807) is 0 Å². The van der Waals surface area contributed by atoms with Gasteiger partial charge in [-0.25, -0.2) is 0 Å². The molecule has 14 heavy (non-hydrogen) atoms. The Morgan fingerprint density at radius 1 is 1.64 bits per heavy atom. The van der Waals surface area contributed by atoms with Crippen molar-refractivity contribution in [1.29, 1.82) is 0 Å². The largest absolute Gasteiger partial charge is 0.399 e. The molecule has 0 bridgehead atoms. The first kappa shape index (κ1) is 10.6. The van der Waals surface area contributed by atoms with Gasteiger partial charge in [0.25, 0.3) is 0 Å². The molecular formula is C8H13N3O3. The average Bonchev–Trinajstić information content (AvgIpc) is 2.52. The summed E-state index contributed by atoms with van der Waals surface area (Å²) in [6.45, 7) is 0. The number of hydrogen-bond acceptors (Lipinski definition) is 5. The zero-order valence-electron chi connectivity index (χ0n) is 7.67. The summed E-state index contributed by atoms with van der Waals surface area (Å²) in [6.07, 6.45) is 3.92. The SMILES string of the molecule is NC=C(C=NC1CCCC1O)[N+](=O)[O-]. The second-order valence-corrected chi connectivity index (χ2v) is 3.19.